The summed E-state index contributed by atoms with van der Waals surface area (Å²) in [6.45, 7) is 2.62. The highest BCUT2D eigenvalue weighted by Gasteiger charge is 2.25. The van der Waals surface area contributed by atoms with Gasteiger partial charge in [0.2, 0.25) is 0 Å². The Morgan fingerprint density at radius 3 is 2.68 bits per heavy atom. The van der Waals surface area contributed by atoms with Crippen LogP contribution in [0.5, 0.6) is 0 Å². The van der Waals surface area contributed by atoms with Crippen LogP contribution >= 0.6 is 11.3 Å². The second-order valence-electron chi connectivity index (χ2n) is 5.46. The van der Waals surface area contributed by atoms with E-state index in [4.69, 9.17) is 0 Å². The maximum absolute atomic E-state index is 13.7. The Hall–Kier alpha value is -1.72. The summed E-state index contributed by atoms with van der Waals surface area (Å²) >= 11 is 1.70. The third-order valence-electron chi connectivity index (χ3n) is 4.03. The number of nitrogens with zero attached hydrogens (tertiary/aromatic N) is 1. The molecule has 3 rings (SSSR count). The number of halogens is 1. The van der Waals surface area contributed by atoms with Gasteiger partial charge in [-0.1, -0.05) is 18.2 Å². The van der Waals surface area contributed by atoms with Gasteiger partial charge in [-0.15, -0.1) is 11.3 Å². The summed E-state index contributed by atoms with van der Waals surface area (Å²) in [5, 5.41) is 4.94. The Labute approximate surface area is 133 Å². The highest BCUT2D eigenvalue weighted by Crippen LogP contribution is 2.27. The number of carbonyl (C=O) groups excluding carboxylic acids is 1. The normalized spacial score (nSPS) is 16.6. The molecule has 1 aromatic carbocycles. The molecule has 1 aliphatic heterocycles. The molecule has 22 heavy (non-hydrogen) atoms. The Bertz CT molecular complexity index is 623. The molecule has 116 valence electrons. The molecule has 0 bridgehead atoms. The molecular formula is C17H19FN2OS. The highest BCUT2D eigenvalue weighted by molar-refractivity contribution is 7.10. The molecule has 1 saturated heterocycles. The van der Waals surface area contributed by atoms with Crippen LogP contribution in [0.3, 0.4) is 0 Å². The molecule has 0 saturated carbocycles. The summed E-state index contributed by atoms with van der Waals surface area (Å²) in [7, 11) is 0. The van der Waals surface area contributed by atoms with E-state index in [0.29, 0.717) is 6.54 Å². The molecule has 2 aromatic rings. The predicted octanol–water partition coefficient (Wildman–Crippen LogP) is 3.45. The lowest BCUT2D eigenvalue weighted by Gasteiger charge is -2.27. The molecule has 0 unspecified atom stereocenters. The number of hydrogen-bond donors (Lipinski definition) is 1. The zero-order valence-electron chi connectivity index (χ0n) is 12.3. The molecular weight excluding hydrogens is 299 g/mol. The first-order valence-corrected chi connectivity index (χ1v) is 8.44. The fourth-order valence-electron chi connectivity index (χ4n) is 2.87. The summed E-state index contributed by atoms with van der Waals surface area (Å²) in [5.74, 6) is -0.826. The van der Waals surface area contributed by atoms with Crippen molar-refractivity contribution in [3.8, 4) is 0 Å². The summed E-state index contributed by atoms with van der Waals surface area (Å²) in [5.41, 5.74) is 0.105. The molecule has 1 atom stereocenters. The van der Waals surface area contributed by atoms with Gasteiger partial charge in [0.25, 0.3) is 5.91 Å². The number of nitrogens with one attached hydrogen (secondary N) is 1. The van der Waals surface area contributed by atoms with Crippen LogP contribution in [0.25, 0.3) is 0 Å². The molecule has 3 nitrogen and oxygen atoms in total. The van der Waals surface area contributed by atoms with Crippen molar-refractivity contribution in [2.45, 2.75) is 18.9 Å². The fourth-order valence-corrected chi connectivity index (χ4v) is 3.73. The van der Waals surface area contributed by atoms with Crippen molar-refractivity contribution < 1.29 is 9.18 Å². The van der Waals surface area contributed by atoms with E-state index >= 15 is 0 Å². The topological polar surface area (TPSA) is 32.3 Å². The van der Waals surface area contributed by atoms with Crippen molar-refractivity contribution in [2.75, 3.05) is 19.6 Å². The SMILES string of the molecule is O=C(NC[C@@H](c1cccs1)N1CCCC1)c1ccccc1F. The monoisotopic (exact) mass is 318 g/mol. The third-order valence-corrected chi connectivity index (χ3v) is 5.00. The molecule has 1 fully saturated rings. The maximum atomic E-state index is 13.7. The van der Waals surface area contributed by atoms with E-state index in [2.05, 4.69) is 21.7 Å². The molecule has 0 spiro atoms. The maximum Gasteiger partial charge on any atom is 0.254 e. The van der Waals surface area contributed by atoms with Gasteiger partial charge in [0.05, 0.1) is 11.6 Å². The van der Waals surface area contributed by atoms with E-state index in [0.717, 1.165) is 13.1 Å². The molecule has 0 radical (unpaired) electrons. The van der Waals surface area contributed by atoms with Gasteiger partial charge in [0.1, 0.15) is 5.82 Å². The lowest BCUT2D eigenvalue weighted by Crippen LogP contribution is -2.36. The number of thiophene rings is 1. The molecule has 1 amide bonds. The van der Waals surface area contributed by atoms with Gasteiger partial charge in [0, 0.05) is 11.4 Å². The fraction of sp³-hybridized carbons (Fsp3) is 0.353. The number of amides is 1. The van der Waals surface area contributed by atoms with Crippen molar-refractivity contribution in [3.63, 3.8) is 0 Å². The van der Waals surface area contributed by atoms with E-state index in [1.807, 2.05) is 6.07 Å². The standard InChI is InChI=1S/C17H19FN2OS/c18-14-7-2-1-6-13(14)17(21)19-12-15(16-8-5-11-22-16)20-9-3-4-10-20/h1-2,5-8,11,15H,3-4,9-10,12H2,(H,19,21)/t15-/m0/s1. The average Bonchev–Trinajstić information content (AvgIpc) is 3.21. The third kappa shape index (κ3) is 3.36. The van der Waals surface area contributed by atoms with Gasteiger partial charge in [-0.3, -0.25) is 9.69 Å². The van der Waals surface area contributed by atoms with Gasteiger partial charge in [0.15, 0.2) is 0 Å². The quantitative estimate of drug-likeness (QED) is 0.916. The average molecular weight is 318 g/mol. The van der Waals surface area contributed by atoms with Crippen molar-refractivity contribution in [1.29, 1.82) is 0 Å². The zero-order chi connectivity index (χ0) is 15.4. The van der Waals surface area contributed by atoms with Crippen LogP contribution in [0, 0.1) is 5.82 Å². The van der Waals surface area contributed by atoms with Crippen LogP contribution in [0.1, 0.15) is 34.1 Å². The molecule has 2 heterocycles. The van der Waals surface area contributed by atoms with E-state index < -0.39 is 5.82 Å². The minimum atomic E-state index is -0.478. The van der Waals surface area contributed by atoms with Crippen LogP contribution in [0.4, 0.5) is 4.39 Å². The van der Waals surface area contributed by atoms with Crippen molar-refractivity contribution in [2.24, 2.45) is 0 Å². The van der Waals surface area contributed by atoms with Crippen LogP contribution in [-0.4, -0.2) is 30.4 Å². The lowest BCUT2D eigenvalue weighted by atomic mass is 10.1. The highest BCUT2D eigenvalue weighted by atomic mass is 32.1. The summed E-state index contributed by atoms with van der Waals surface area (Å²) < 4.78 is 13.7. The minimum Gasteiger partial charge on any atom is -0.350 e. The molecule has 0 aliphatic carbocycles. The summed E-state index contributed by atoms with van der Waals surface area (Å²) in [4.78, 5) is 15.8. The van der Waals surface area contributed by atoms with E-state index in [-0.39, 0.29) is 17.5 Å². The van der Waals surface area contributed by atoms with Crippen LogP contribution in [0.15, 0.2) is 41.8 Å². The molecule has 5 heteroatoms. The van der Waals surface area contributed by atoms with E-state index in [9.17, 15) is 9.18 Å². The van der Waals surface area contributed by atoms with Crippen molar-refractivity contribution in [3.05, 3.63) is 58.0 Å². The number of benzene rings is 1. The predicted molar refractivity (Wildman–Crippen MR) is 86.6 cm³/mol. The Morgan fingerprint density at radius 2 is 2.00 bits per heavy atom. The first-order chi connectivity index (χ1) is 10.8. The van der Waals surface area contributed by atoms with Gasteiger partial charge in [-0.05, 0) is 49.5 Å². The first-order valence-electron chi connectivity index (χ1n) is 7.56. The van der Waals surface area contributed by atoms with Crippen LogP contribution in [0.2, 0.25) is 0 Å². The molecule has 1 aromatic heterocycles. The van der Waals surface area contributed by atoms with Crippen LogP contribution in [-0.2, 0) is 0 Å². The van der Waals surface area contributed by atoms with E-state index in [1.54, 1.807) is 23.5 Å². The van der Waals surface area contributed by atoms with Gasteiger partial charge >= 0.3 is 0 Å². The summed E-state index contributed by atoms with van der Waals surface area (Å²) in [6.07, 6.45) is 2.40. The van der Waals surface area contributed by atoms with Crippen LogP contribution < -0.4 is 5.32 Å². The Morgan fingerprint density at radius 1 is 1.23 bits per heavy atom. The number of likely N-dealkylation sites (tertiary alicyclic amines) is 1. The zero-order valence-corrected chi connectivity index (χ0v) is 13.1. The molecule has 1 aliphatic rings. The molecule has 1 N–H and O–H groups in total. The smallest absolute Gasteiger partial charge is 0.254 e. The van der Waals surface area contributed by atoms with Gasteiger partial charge in [-0.2, -0.15) is 0 Å². The Balaban J connectivity index is 1.69. The van der Waals surface area contributed by atoms with Crippen molar-refractivity contribution in [1.82, 2.24) is 10.2 Å². The largest absolute Gasteiger partial charge is 0.350 e. The van der Waals surface area contributed by atoms with Gasteiger partial charge < -0.3 is 5.32 Å². The number of carbonyl (C=O) groups is 1. The minimum absolute atomic E-state index is 0.105. The first kappa shape index (κ1) is 15.2. The van der Waals surface area contributed by atoms with E-state index in [1.165, 1.54) is 29.9 Å². The Kier molecular flexibility index (Phi) is 4.85. The summed E-state index contributed by atoms with van der Waals surface area (Å²) in [6, 6.07) is 10.4. The lowest BCUT2D eigenvalue weighted by molar-refractivity contribution is 0.0934. The number of rotatable bonds is 5. The van der Waals surface area contributed by atoms with Gasteiger partial charge in [-0.25, -0.2) is 4.39 Å². The number of hydrogen-bond acceptors (Lipinski definition) is 3. The van der Waals surface area contributed by atoms with Crippen molar-refractivity contribution >= 4 is 17.2 Å². The second-order valence-corrected chi connectivity index (χ2v) is 6.44. The second kappa shape index (κ2) is 7.03.